The molecule has 0 fully saturated rings. The number of hydrogen-bond acceptors (Lipinski definition) is 0. The summed E-state index contributed by atoms with van der Waals surface area (Å²) in [6.07, 6.45) is 0. The van der Waals surface area contributed by atoms with Crippen molar-refractivity contribution in [2.24, 2.45) is 0 Å². The van der Waals surface area contributed by atoms with Crippen molar-refractivity contribution >= 4 is 12.4 Å². The Morgan fingerprint density at radius 2 is 0.600 bits per heavy atom. The van der Waals surface area contributed by atoms with Crippen LogP contribution in [-0.2, 0) is 0 Å². The minimum absolute atomic E-state index is 0. The van der Waals surface area contributed by atoms with Crippen molar-refractivity contribution in [3.8, 4) is 0 Å². The van der Waals surface area contributed by atoms with Gasteiger partial charge in [-0.25, -0.2) is 0 Å². The molecule has 0 atom stereocenters. The summed E-state index contributed by atoms with van der Waals surface area (Å²) in [7, 11) is 0. The Hall–Kier alpha value is 4.14. The molecule has 0 N–H and O–H groups in total. The van der Waals surface area contributed by atoms with Crippen molar-refractivity contribution in [1.29, 1.82) is 0 Å². The van der Waals surface area contributed by atoms with Crippen molar-refractivity contribution in [2.75, 3.05) is 0 Å². The van der Waals surface area contributed by atoms with Crippen LogP contribution in [0.15, 0.2) is 0 Å². The number of hydrogen-bond donors (Lipinski definition) is 0. The Balaban J connectivity index is 0. The van der Waals surface area contributed by atoms with Crippen LogP contribution in [0.1, 0.15) is 0 Å². The van der Waals surface area contributed by atoms with Gasteiger partial charge in [-0.15, -0.1) is 12.4 Å². The molecule has 0 aliphatic carbocycles. The summed E-state index contributed by atoms with van der Waals surface area (Å²) >= 11 is 0. The van der Waals surface area contributed by atoms with Gasteiger partial charge in [0.05, 0.1) is 0 Å². The predicted molar refractivity (Wildman–Crippen MR) is 7.25 cm³/mol. The maximum atomic E-state index is 0. The zero-order valence-corrected chi connectivity index (χ0v) is 11.7. The van der Waals surface area contributed by atoms with Gasteiger partial charge in [0.1, 0.15) is 0 Å². The molecular weight excluding hydrogens is 185 g/mol. The fourth-order valence-electron chi connectivity index (χ4n) is 0. The molecule has 0 heterocycles. The molecule has 0 unspecified atom stereocenters. The van der Waals surface area contributed by atoms with E-state index in [2.05, 4.69) is 0 Å². The largest absolute Gasteiger partial charge is 1.00 e. The normalized spacial score (nSPS) is 0. The third-order valence-electron chi connectivity index (χ3n) is 0. The van der Waals surface area contributed by atoms with Crippen molar-refractivity contribution in [2.45, 2.75) is 0 Å². The second-order valence-corrected chi connectivity index (χ2v) is 0. The molecular formula is HCl3K2. The first-order chi connectivity index (χ1) is 0. The van der Waals surface area contributed by atoms with E-state index in [0.717, 1.165) is 0 Å². The van der Waals surface area contributed by atoms with Crippen LogP contribution in [-0.4, -0.2) is 0 Å². The van der Waals surface area contributed by atoms with Gasteiger partial charge < -0.3 is 24.8 Å². The summed E-state index contributed by atoms with van der Waals surface area (Å²) in [6.45, 7) is 0. The van der Waals surface area contributed by atoms with Crippen molar-refractivity contribution in [1.82, 2.24) is 0 Å². The molecule has 0 aromatic carbocycles. The molecule has 0 nitrogen and oxygen atoms in total. The van der Waals surface area contributed by atoms with Gasteiger partial charge in [0, 0.05) is 0 Å². The van der Waals surface area contributed by atoms with E-state index >= 15 is 0 Å². The first-order valence-corrected chi connectivity index (χ1v) is 0. The Kier molecular flexibility index (Phi) is 171. The quantitative estimate of drug-likeness (QED) is 0.329. The van der Waals surface area contributed by atoms with E-state index in [1.165, 1.54) is 0 Å². The van der Waals surface area contributed by atoms with Gasteiger partial charge in [-0.3, -0.25) is 0 Å². The van der Waals surface area contributed by atoms with Crippen molar-refractivity contribution in [3.63, 3.8) is 0 Å². The fourth-order valence-corrected chi connectivity index (χ4v) is 0. The zero-order valence-electron chi connectivity index (χ0n) is 3.16. The molecule has 0 amide bonds. The molecule has 0 spiro atoms. The Morgan fingerprint density at radius 3 is 0.600 bits per heavy atom. The van der Waals surface area contributed by atoms with Gasteiger partial charge in [-0.2, -0.15) is 0 Å². The molecule has 0 radical (unpaired) electrons. The molecule has 24 valence electrons. The van der Waals surface area contributed by atoms with E-state index < -0.39 is 0 Å². The second kappa shape index (κ2) is 24.2. The van der Waals surface area contributed by atoms with Gasteiger partial charge in [-0.1, -0.05) is 0 Å². The third-order valence-corrected chi connectivity index (χ3v) is 0. The summed E-state index contributed by atoms with van der Waals surface area (Å²) in [5.74, 6) is 0. The van der Waals surface area contributed by atoms with E-state index in [-0.39, 0.29) is 140 Å². The Morgan fingerprint density at radius 1 is 0.600 bits per heavy atom. The zero-order chi connectivity index (χ0) is 0. The van der Waals surface area contributed by atoms with Crippen LogP contribution >= 0.6 is 12.4 Å². The molecule has 0 bridgehead atoms. The average Bonchev–Trinajstić information content (AvgIpc) is 0. The van der Waals surface area contributed by atoms with Crippen molar-refractivity contribution in [3.05, 3.63) is 0 Å². The van der Waals surface area contributed by atoms with Crippen LogP contribution < -0.4 is 128 Å². The van der Waals surface area contributed by atoms with Gasteiger partial charge in [0.15, 0.2) is 0 Å². The van der Waals surface area contributed by atoms with Crippen LogP contribution in [0.3, 0.4) is 0 Å². The van der Waals surface area contributed by atoms with Gasteiger partial charge in [0.25, 0.3) is 0 Å². The summed E-state index contributed by atoms with van der Waals surface area (Å²) < 4.78 is 0. The van der Waals surface area contributed by atoms with Crippen LogP contribution in [0.2, 0.25) is 0 Å². The van der Waals surface area contributed by atoms with Crippen molar-refractivity contribution < 1.29 is 128 Å². The molecule has 5 heteroatoms. The van der Waals surface area contributed by atoms with Crippen LogP contribution in [0, 0.1) is 0 Å². The van der Waals surface area contributed by atoms with Gasteiger partial charge in [-0.05, 0) is 0 Å². The van der Waals surface area contributed by atoms with E-state index in [1.807, 2.05) is 0 Å². The first kappa shape index (κ1) is 35.3. The monoisotopic (exact) mass is 184 g/mol. The molecule has 0 saturated carbocycles. The Labute approximate surface area is 136 Å². The fraction of sp³-hybridized carbons (Fsp3) is 0. The summed E-state index contributed by atoms with van der Waals surface area (Å²) in [6, 6.07) is 0. The van der Waals surface area contributed by atoms with Gasteiger partial charge in [0.2, 0.25) is 0 Å². The second-order valence-electron chi connectivity index (χ2n) is 0. The molecule has 0 saturated heterocycles. The SMILES string of the molecule is Cl.[Cl-].[Cl-].[K+].[K+]. The van der Waals surface area contributed by atoms with E-state index in [9.17, 15) is 0 Å². The molecule has 0 aromatic rings. The molecule has 5 heavy (non-hydrogen) atoms. The predicted octanol–water partition coefficient (Wildman–Crippen LogP) is -11.6. The number of halogens is 3. The van der Waals surface area contributed by atoms with Crippen LogP contribution in [0.5, 0.6) is 0 Å². The summed E-state index contributed by atoms with van der Waals surface area (Å²) in [4.78, 5) is 0. The van der Waals surface area contributed by atoms with E-state index in [0.29, 0.717) is 0 Å². The molecule has 0 aliphatic rings. The molecule has 0 aliphatic heterocycles. The average molecular weight is 186 g/mol. The maximum Gasteiger partial charge on any atom is 1.00 e. The molecule has 0 aromatic heterocycles. The number of rotatable bonds is 0. The van der Waals surface area contributed by atoms with Crippen LogP contribution in [0.4, 0.5) is 0 Å². The minimum atomic E-state index is 0. The maximum absolute atomic E-state index is 0. The third kappa shape index (κ3) is 17.9. The first-order valence-electron chi connectivity index (χ1n) is 0. The topological polar surface area (TPSA) is 0 Å². The van der Waals surface area contributed by atoms with E-state index in [1.54, 1.807) is 0 Å². The van der Waals surface area contributed by atoms with Gasteiger partial charge >= 0.3 is 103 Å². The summed E-state index contributed by atoms with van der Waals surface area (Å²) in [5, 5.41) is 0. The van der Waals surface area contributed by atoms with E-state index in [4.69, 9.17) is 0 Å². The summed E-state index contributed by atoms with van der Waals surface area (Å²) in [5.41, 5.74) is 0. The standard InChI is InChI=1S/3ClH.2K/h3*1H;;/q;;;2*+1/p-2. The Bertz CT molecular complexity index is 4.85. The smallest absolute Gasteiger partial charge is 1.00 e. The molecule has 0 rings (SSSR count). The minimum Gasteiger partial charge on any atom is -1.00 e. The van der Waals surface area contributed by atoms with Crippen LogP contribution in [0.25, 0.3) is 0 Å².